The lowest BCUT2D eigenvalue weighted by Crippen LogP contribution is -2.34. The summed E-state index contributed by atoms with van der Waals surface area (Å²) in [5.41, 5.74) is 6.88. The fourth-order valence-electron chi connectivity index (χ4n) is 5.00. The maximum Gasteiger partial charge on any atom is 0.252 e. The van der Waals surface area contributed by atoms with Crippen LogP contribution in [0.1, 0.15) is 76.9 Å². The molecule has 1 aliphatic carbocycles. The van der Waals surface area contributed by atoms with E-state index in [4.69, 9.17) is 9.99 Å². The number of allylic oxidation sites excluding steroid dienone is 1. The zero-order chi connectivity index (χ0) is 31.4. The molecule has 0 saturated heterocycles. The van der Waals surface area contributed by atoms with Gasteiger partial charge in [-0.2, -0.15) is 5.10 Å². The first-order valence-corrected chi connectivity index (χ1v) is 15.2. The van der Waals surface area contributed by atoms with Crippen LogP contribution in [0.4, 0.5) is 5.82 Å². The molecule has 1 amide bonds. The minimum atomic E-state index is -0.202. The van der Waals surface area contributed by atoms with Crippen LogP contribution in [0.5, 0.6) is 5.75 Å². The van der Waals surface area contributed by atoms with Gasteiger partial charge in [-0.1, -0.05) is 43.2 Å². The molecule has 1 aromatic heterocycles. The summed E-state index contributed by atoms with van der Waals surface area (Å²) in [6.07, 6.45) is 9.66. The molecule has 0 bridgehead atoms. The molecule has 10 nitrogen and oxygen atoms in total. The normalized spacial score (nSPS) is 13.0. The van der Waals surface area contributed by atoms with E-state index in [2.05, 4.69) is 50.6 Å². The molecule has 1 heterocycles. The summed E-state index contributed by atoms with van der Waals surface area (Å²) in [5, 5.41) is 19.2. The Morgan fingerprint density at radius 1 is 1.18 bits per heavy atom. The van der Waals surface area contributed by atoms with Crippen molar-refractivity contribution in [2.45, 2.75) is 57.3 Å². The number of anilines is 1. The van der Waals surface area contributed by atoms with Gasteiger partial charge in [-0.05, 0) is 73.4 Å². The van der Waals surface area contributed by atoms with Crippen molar-refractivity contribution < 1.29 is 29.0 Å². The number of benzene rings is 2. The number of ketones is 1. The molecule has 0 spiro atoms. The number of amides is 1. The number of carbonyl (C=O) groups is 2. The van der Waals surface area contributed by atoms with Crippen LogP contribution in [0.15, 0.2) is 77.4 Å². The van der Waals surface area contributed by atoms with Crippen molar-refractivity contribution in [3.63, 3.8) is 0 Å². The number of hydrazone groups is 1. The van der Waals surface area contributed by atoms with Crippen molar-refractivity contribution in [3.8, 4) is 5.75 Å². The van der Waals surface area contributed by atoms with Gasteiger partial charge >= 0.3 is 0 Å². The summed E-state index contributed by atoms with van der Waals surface area (Å²) in [6, 6.07) is 14.4. The van der Waals surface area contributed by atoms with Crippen LogP contribution >= 0.6 is 12.0 Å². The highest BCUT2D eigenvalue weighted by atomic mass is 32.2. The Morgan fingerprint density at radius 2 is 2.02 bits per heavy atom. The van der Waals surface area contributed by atoms with Crippen LogP contribution < -0.4 is 15.5 Å². The second kappa shape index (κ2) is 16.2. The fourth-order valence-corrected chi connectivity index (χ4v) is 5.46. The lowest BCUT2D eigenvalue weighted by Gasteiger charge is -2.25. The number of Topliss-reactive ketones (excluding diaryl/α,β-unsaturated/α-hetero) is 1. The molecular formula is C33H38N4O6S. The van der Waals surface area contributed by atoms with Crippen molar-refractivity contribution in [2.24, 2.45) is 10.5 Å². The quantitative estimate of drug-likeness (QED) is 0.0395. The smallest absolute Gasteiger partial charge is 0.252 e. The minimum Gasteiger partial charge on any atom is -0.493 e. The van der Waals surface area contributed by atoms with Gasteiger partial charge in [0.05, 0.1) is 30.4 Å². The Balaban J connectivity index is 1.22. The maximum absolute atomic E-state index is 12.8. The molecule has 0 atom stereocenters. The van der Waals surface area contributed by atoms with E-state index >= 15 is 0 Å². The first kappa shape index (κ1) is 32.9. The van der Waals surface area contributed by atoms with Crippen molar-refractivity contribution in [1.29, 1.82) is 0 Å². The predicted molar refractivity (Wildman–Crippen MR) is 171 cm³/mol. The Bertz CT molecular complexity index is 1480. The zero-order valence-corrected chi connectivity index (χ0v) is 25.8. The first-order valence-electron chi connectivity index (χ1n) is 14.5. The molecule has 1 aliphatic rings. The number of aromatic nitrogens is 1. The lowest BCUT2D eigenvalue weighted by molar-refractivity contribution is -0.432. The van der Waals surface area contributed by atoms with Gasteiger partial charge in [0.1, 0.15) is 11.6 Å². The third kappa shape index (κ3) is 9.23. The van der Waals surface area contributed by atoms with E-state index in [0.717, 1.165) is 65.7 Å². The van der Waals surface area contributed by atoms with E-state index in [1.54, 1.807) is 24.4 Å². The molecule has 0 aliphatic heterocycles. The van der Waals surface area contributed by atoms with Gasteiger partial charge in [0.2, 0.25) is 0 Å². The number of carbonyl (C=O) groups excluding carboxylic acids is 2. The van der Waals surface area contributed by atoms with Gasteiger partial charge in [-0.3, -0.25) is 15.0 Å². The van der Waals surface area contributed by atoms with Gasteiger partial charge in [0, 0.05) is 40.7 Å². The molecule has 11 heteroatoms. The Kier molecular flexibility index (Phi) is 12.1. The summed E-state index contributed by atoms with van der Waals surface area (Å²) in [4.78, 5) is 30.1. The number of fused-ring (bicyclic) bond motifs is 1. The molecule has 0 saturated carbocycles. The molecule has 3 N–H and O–H groups in total. The standard InChI is InChI=1S/C33H38N4O6S/c1-4-9-27-25-11-7-12-28(38)26(25)15-16-29(27)41-19-8-18-33(2,3)22-35-32(39)24-14-17-31(34-20-24)37-36-21-23-10-5-6-13-30(23)44-43-42-40/h4-6,10,13-17,20-21,40H,1,7-9,11-12,18-19,22H2,2-3H3,(H,34,37)(H,35,39)/b36-21+. The zero-order valence-electron chi connectivity index (χ0n) is 25.0. The van der Waals surface area contributed by atoms with Gasteiger partial charge in [0.15, 0.2) is 5.78 Å². The van der Waals surface area contributed by atoms with Crippen molar-refractivity contribution >= 4 is 35.8 Å². The Hall–Kier alpha value is -4.03. The molecule has 0 radical (unpaired) electrons. The van der Waals surface area contributed by atoms with Crippen molar-refractivity contribution in [3.05, 3.63) is 95.2 Å². The molecule has 4 rings (SSSR count). The summed E-state index contributed by atoms with van der Waals surface area (Å²) in [5.74, 6) is 1.30. The maximum atomic E-state index is 12.8. The van der Waals surface area contributed by atoms with Crippen LogP contribution in [0, 0.1) is 5.41 Å². The van der Waals surface area contributed by atoms with Crippen LogP contribution in [0.2, 0.25) is 0 Å². The number of ether oxygens (including phenoxy) is 1. The van der Waals surface area contributed by atoms with Crippen LogP contribution in [-0.2, 0) is 22.2 Å². The van der Waals surface area contributed by atoms with Crippen LogP contribution in [0.25, 0.3) is 0 Å². The average molecular weight is 619 g/mol. The monoisotopic (exact) mass is 618 g/mol. The average Bonchev–Trinajstić information content (AvgIpc) is 3.03. The van der Waals surface area contributed by atoms with Crippen LogP contribution in [0.3, 0.4) is 0 Å². The van der Waals surface area contributed by atoms with Crippen molar-refractivity contribution in [2.75, 3.05) is 18.6 Å². The molecule has 2 aromatic carbocycles. The van der Waals surface area contributed by atoms with Gasteiger partial charge in [0.25, 0.3) is 5.91 Å². The first-order chi connectivity index (χ1) is 21.3. The SMILES string of the molecule is C=CCc1c(OCCCC(C)(C)CNC(=O)c2ccc(N/N=C/c3ccccc3SOOO)nc2)ccc2c1CCCC2=O. The largest absolute Gasteiger partial charge is 0.493 e. The summed E-state index contributed by atoms with van der Waals surface area (Å²) in [7, 11) is 0. The summed E-state index contributed by atoms with van der Waals surface area (Å²) < 4.78 is 10.7. The lowest BCUT2D eigenvalue weighted by atomic mass is 9.86. The number of rotatable bonds is 16. The molecule has 232 valence electrons. The van der Waals surface area contributed by atoms with Gasteiger partial charge < -0.3 is 10.1 Å². The molecule has 0 fully saturated rings. The number of hydrogen-bond acceptors (Lipinski definition) is 10. The van der Waals surface area contributed by atoms with Crippen molar-refractivity contribution in [1.82, 2.24) is 10.3 Å². The summed E-state index contributed by atoms with van der Waals surface area (Å²) in [6.45, 7) is 9.16. The second-order valence-electron chi connectivity index (χ2n) is 11.2. The van der Waals surface area contributed by atoms with Gasteiger partial charge in [-0.15, -0.1) is 10.9 Å². The predicted octanol–water partition coefficient (Wildman–Crippen LogP) is 6.82. The molecule has 3 aromatic rings. The van der Waals surface area contributed by atoms with E-state index < -0.39 is 0 Å². The van der Waals surface area contributed by atoms with E-state index in [0.29, 0.717) is 42.3 Å². The Morgan fingerprint density at radius 3 is 2.80 bits per heavy atom. The van der Waals surface area contributed by atoms with E-state index in [9.17, 15) is 9.59 Å². The Labute approximate surface area is 262 Å². The number of pyridine rings is 1. The van der Waals surface area contributed by atoms with Crippen LogP contribution in [-0.4, -0.2) is 41.3 Å². The fraction of sp³-hybridized carbons (Fsp3) is 0.333. The molecule has 0 unspecified atom stereocenters. The minimum absolute atomic E-state index is 0.141. The summed E-state index contributed by atoms with van der Waals surface area (Å²) >= 11 is 0.845. The van der Waals surface area contributed by atoms with E-state index in [-0.39, 0.29) is 17.1 Å². The number of hydrogen-bond donors (Lipinski definition) is 3. The highest BCUT2D eigenvalue weighted by molar-refractivity contribution is 7.94. The number of nitrogens with zero attached hydrogens (tertiary/aromatic N) is 2. The highest BCUT2D eigenvalue weighted by Gasteiger charge is 2.23. The van der Waals surface area contributed by atoms with Gasteiger partial charge in [-0.25, -0.2) is 10.2 Å². The molecule has 44 heavy (non-hydrogen) atoms. The third-order valence-corrected chi connectivity index (χ3v) is 8.01. The van der Waals surface area contributed by atoms with E-state index in [1.807, 2.05) is 36.4 Å². The third-order valence-electron chi connectivity index (χ3n) is 7.33. The number of nitrogens with one attached hydrogen (secondary N) is 2. The topological polar surface area (TPSA) is 131 Å². The highest BCUT2D eigenvalue weighted by Crippen LogP contribution is 2.32. The van der Waals surface area contributed by atoms with E-state index in [1.165, 1.54) is 6.20 Å². The molecular weight excluding hydrogens is 580 g/mol. The second-order valence-corrected chi connectivity index (χ2v) is 11.9.